The van der Waals surface area contributed by atoms with E-state index in [1.54, 1.807) is 13.2 Å². The molecule has 8 N–H and O–H groups in total. The van der Waals surface area contributed by atoms with Crippen LogP contribution in [-0.2, 0) is 33.3 Å². The summed E-state index contributed by atoms with van der Waals surface area (Å²) >= 11 is 0. The van der Waals surface area contributed by atoms with Crippen LogP contribution in [0.3, 0.4) is 0 Å². The van der Waals surface area contributed by atoms with E-state index < -0.39 is 18.2 Å². The van der Waals surface area contributed by atoms with Gasteiger partial charge < -0.3 is 55.5 Å². The molecule has 0 spiro atoms. The number of carbonyl (C=O) groups is 4. The van der Waals surface area contributed by atoms with Gasteiger partial charge in [0, 0.05) is 63.9 Å². The third-order valence-electron chi connectivity index (χ3n) is 11.0. The van der Waals surface area contributed by atoms with Crippen LogP contribution >= 0.6 is 0 Å². The molecule has 4 atom stereocenters. The first-order valence-electron chi connectivity index (χ1n) is 22.2. The topological polar surface area (TPSA) is 226 Å². The molecular formula is C45H74N6O10. The molecule has 0 aromatic heterocycles. The van der Waals surface area contributed by atoms with Crippen LogP contribution < -0.4 is 32.3 Å². The van der Waals surface area contributed by atoms with Gasteiger partial charge in [0.15, 0.2) is 6.10 Å². The van der Waals surface area contributed by atoms with Crippen molar-refractivity contribution in [1.82, 2.24) is 21.0 Å². The van der Waals surface area contributed by atoms with Crippen molar-refractivity contribution in [3.8, 4) is 5.75 Å². The first-order valence-corrected chi connectivity index (χ1v) is 22.2. The number of amides is 3. The number of hydrogen-bond acceptors (Lipinski definition) is 12. The number of nitrogens with one attached hydrogen (secondary N) is 3. The Balaban J connectivity index is 0.000000866. The SMILES string of the molecule is C/C=C/COCCCOCCCOc1c(C)cc(C(=O)NCCCC2OC(C(=O)O)CCC2NC(=O)CN(N)/C=C(\N)C2CCCCC2)cc1C.CNC(=O)C1CCCOC1. The second-order valence-corrected chi connectivity index (χ2v) is 16.1. The molecule has 3 amide bonds. The molecule has 344 valence electrons. The van der Waals surface area contributed by atoms with Gasteiger partial charge in [0.1, 0.15) is 12.3 Å². The summed E-state index contributed by atoms with van der Waals surface area (Å²) < 4.78 is 28.2. The van der Waals surface area contributed by atoms with Crippen LogP contribution in [0.4, 0.5) is 0 Å². The number of hydrazine groups is 1. The average molecular weight is 859 g/mol. The number of allylic oxidation sites excluding steroid dienone is 2. The quantitative estimate of drug-likeness (QED) is 0.0389. The highest BCUT2D eigenvalue weighted by molar-refractivity contribution is 5.94. The third-order valence-corrected chi connectivity index (χ3v) is 11.0. The van der Waals surface area contributed by atoms with Gasteiger partial charge in [-0.25, -0.2) is 10.6 Å². The van der Waals surface area contributed by atoms with Gasteiger partial charge in [-0.15, -0.1) is 0 Å². The van der Waals surface area contributed by atoms with Crippen LogP contribution in [-0.4, -0.2) is 118 Å². The minimum absolute atomic E-state index is 0.0833. The van der Waals surface area contributed by atoms with Crippen LogP contribution in [0.1, 0.15) is 112 Å². The van der Waals surface area contributed by atoms with Crippen molar-refractivity contribution in [3.05, 3.63) is 52.9 Å². The van der Waals surface area contributed by atoms with Crippen LogP contribution in [0.15, 0.2) is 36.2 Å². The number of carboxylic acids is 1. The number of benzene rings is 1. The van der Waals surface area contributed by atoms with Crippen molar-refractivity contribution >= 4 is 23.7 Å². The molecule has 2 saturated heterocycles. The van der Waals surface area contributed by atoms with Crippen molar-refractivity contribution < 1.29 is 48.0 Å². The van der Waals surface area contributed by atoms with Gasteiger partial charge >= 0.3 is 5.97 Å². The second kappa shape index (κ2) is 29.1. The van der Waals surface area contributed by atoms with Crippen molar-refractivity contribution in [2.45, 2.75) is 122 Å². The zero-order valence-electron chi connectivity index (χ0n) is 37.1. The van der Waals surface area contributed by atoms with E-state index in [1.807, 2.05) is 45.1 Å². The van der Waals surface area contributed by atoms with Gasteiger partial charge in [0.25, 0.3) is 5.91 Å². The molecule has 3 fully saturated rings. The number of nitrogens with two attached hydrogens (primary N) is 2. The second-order valence-electron chi connectivity index (χ2n) is 16.1. The first-order chi connectivity index (χ1) is 29.4. The summed E-state index contributed by atoms with van der Waals surface area (Å²) in [5.41, 5.74) is 9.23. The van der Waals surface area contributed by atoms with Gasteiger partial charge in [-0.3, -0.25) is 14.4 Å². The fourth-order valence-electron chi connectivity index (χ4n) is 7.72. The monoisotopic (exact) mass is 859 g/mol. The lowest BCUT2D eigenvalue weighted by atomic mass is 9.87. The standard InChI is InChI=1S/C38H61N5O8.C7H13NO2/c1-4-5-18-48-19-10-20-49-21-11-22-50-36-27(2)23-30(24-28(36)3)37(45)41-17-9-14-33-32(15-16-34(51-33)38(46)47)42-35(44)26-43(40)25-31(39)29-12-7-6-8-13-29;1-8-7(9)6-3-2-4-10-5-6/h4-5,23-25,29,32-34H,6-22,26,39-40H2,1-3H3,(H,41,45)(H,42,44)(H,46,47);6H,2-5H2,1H3,(H,8,9)/b5-4+,31-25-;. The van der Waals surface area contributed by atoms with E-state index in [0.717, 1.165) is 74.8 Å². The first kappa shape index (κ1) is 51.1. The summed E-state index contributed by atoms with van der Waals surface area (Å²) in [4.78, 5) is 48.6. The Bertz CT molecular complexity index is 1520. The van der Waals surface area contributed by atoms with Gasteiger partial charge in [-0.2, -0.15) is 0 Å². The van der Waals surface area contributed by atoms with Crippen molar-refractivity contribution in [2.24, 2.45) is 23.4 Å². The molecule has 4 rings (SSSR count). The summed E-state index contributed by atoms with van der Waals surface area (Å²) in [7, 11) is 1.66. The Morgan fingerprint density at radius 2 is 1.61 bits per heavy atom. The van der Waals surface area contributed by atoms with Crippen LogP contribution in [0, 0.1) is 25.7 Å². The molecule has 16 nitrogen and oxygen atoms in total. The van der Waals surface area contributed by atoms with E-state index in [1.165, 1.54) is 11.4 Å². The molecule has 16 heteroatoms. The van der Waals surface area contributed by atoms with Crippen molar-refractivity contribution in [1.29, 1.82) is 0 Å². The minimum atomic E-state index is -1.03. The number of carboxylic acid groups (broad SMARTS) is 1. The summed E-state index contributed by atoms with van der Waals surface area (Å²) in [6.07, 6.45) is 15.0. The van der Waals surface area contributed by atoms with Crippen LogP contribution in [0.5, 0.6) is 5.75 Å². The molecule has 3 aliphatic rings. The fraction of sp³-hybridized carbons (Fsp3) is 0.689. The van der Waals surface area contributed by atoms with Gasteiger partial charge in [0.05, 0.1) is 37.9 Å². The highest BCUT2D eigenvalue weighted by atomic mass is 16.5. The smallest absolute Gasteiger partial charge is 0.332 e. The zero-order chi connectivity index (χ0) is 44.4. The molecule has 1 aliphatic carbocycles. The Morgan fingerprint density at radius 3 is 2.26 bits per heavy atom. The van der Waals surface area contributed by atoms with Crippen LogP contribution in [0.25, 0.3) is 0 Å². The van der Waals surface area contributed by atoms with Crippen molar-refractivity contribution in [3.63, 3.8) is 0 Å². The minimum Gasteiger partial charge on any atom is -0.493 e. The zero-order valence-corrected chi connectivity index (χ0v) is 37.1. The highest BCUT2D eigenvalue weighted by Crippen LogP contribution is 2.28. The molecule has 1 aromatic rings. The van der Waals surface area contributed by atoms with E-state index in [2.05, 4.69) is 16.0 Å². The summed E-state index contributed by atoms with van der Waals surface area (Å²) in [5.74, 6) is 5.82. The van der Waals surface area contributed by atoms with Crippen LogP contribution in [0.2, 0.25) is 0 Å². The van der Waals surface area contributed by atoms with Gasteiger partial charge in [-0.1, -0.05) is 31.4 Å². The van der Waals surface area contributed by atoms with E-state index in [-0.39, 0.29) is 48.6 Å². The lowest BCUT2D eigenvalue weighted by Gasteiger charge is -2.36. The number of aliphatic carboxylic acids is 1. The lowest BCUT2D eigenvalue weighted by molar-refractivity contribution is -0.162. The normalized spacial score (nSPS) is 20.9. The molecule has 0 radical (unpaired) electrons. The number of ether oxygens (including phenoxy) is 5. The Hall–Kier alpha value is -4.22. The van der Waals surface area contributed by atoms with Gasteiger partial charge in [0.2, 0.25) is 11.8 Å². The molecule has 1 aromatic carbocycles. The number of hydrogen-bond donors (Lipinski definition) is 6. The fourth-order valence-corrected chi connectivity index (χ4v) is 7.72. The number of nitrogens with zero attached hydrogens (tertiary/aromatic N) is 1. The Labute approximate surface area is 362 Å². The lowest BCUT2D eigenvalue weighted by Crippen LogP contribution is -2.53. The largest absolute Gasteiger partial charge is 0.493 e. The molecule has 0 bridgehead atoms. The predicted molar refractivity (Wildman–Crippen MR) is 233 cm³/mol. The Kier molecular flexibility index (Phi) is 24.4. The van der Waals surface area contributed by atoms with E-state index in [9.17, 15) is 24.3 Å². The number of rotatable bonds is 23. The maximum atomic E-state index is 13.0. The maximum absolute atomic E-state index is 13.0. The average Bonchev–Trinajstić information content (AvgIpc) is 3.25. The molecule has 4 unspecified atom stereocenters. The van der Waals surface area contributed by atoms with E-state index >= 15 is 0 Å². The van der Waals surface area contributed by atoms with E-state index in [0.29, 0.717) is 76.7 Å². The van der Waals surface area contributed by atoms with Crippen molar-refractivity contribution in [2.75, 3.05) is 66.4 Å². The maximum Gasteiger partial charge on any atom is 0.332 e. The molecule has 2 aliphatic heterocycles. The number of carbonyl (C=O) groups excluding carboxylic acids is 3. The molecule has 2 heterocycles. The summed E-state index contributed by atoms with van der Waals surface area (Å²) in [6.45, 7) is 10.5. The Morgan fingerprint density at radius 1 is 0.918 bits per heavy atom. The highest BCUT2D eigenvalue weighted by Gasteiger charge is 2.35. The predicted octanol–water partition coefficient (Wildman–Crippen LogP) is 4.41. The summed E-state index contributed by atoms with van der Waals surface area (Å²) in [6, 6.07) is 3.25. The third kappa shape index (κ3) is 19.6. The molecular weight excluding hydrogens is 785 g/mol. The van der Waals surface area contributed by atoms with Gasteiger partial charge in [-0.05, 0) is 108 Å². The molecule has 61 heavy (non-hydrogen) atoms. The van der Waals surface area contributed by atoms with E-state index in [4.69, 9.17) is 35.3 Å². The molecule has 1 saturated carbocycles. The number of aryl methyl sites for hydroxylation is 2. The summed E-state index contributed by atoms with van der Waals surface area (Å²) in [5, 5.41) is 19.4.